The number of hydrogen-bond acceptors (Lipinski definition) is 3. The summed E-state index contributed by atoms with van der Waals surface area (Å²) in [5.41, 5.74) is 0.423. The minimum Gasteiger partial charge on any atom is -0.480 e. The molecule has 1 amide bonds. The molecule has 0 fully saturated rings. The lowest BCUT2D eigenvalue weighted by molar-refractivity contribution is -0.140. The van der Waals surface area contributed by atoms with Gasteiger partial charge in [-0.15, -0.1) is 0 Å². The maximum Gasteiger partial charge on any atom is 0.328 e. The monoisotopic (exact) mass is 427 g/mol. The Morgan fingerprint density at radius 1 is 1.56 bits per heavy atom. The van der Waals surface area contributed by atoms with Crippen LogP contribution in [0.25, 0.3) is 0 Å². The van der Waals surface area contributed by atoms with E-state index < -0.39 is 17.9 Å². The Bertz CT molecular complexity index is 466. The molecule has 1 rings (SSSR count). The Morgan fingerprint density at radius 2 is 2.22 bits per heavy atom. The average Bonchev–Trinajstić information content (AvgIpc) is 2.31. The second-order valence-electron chi connectivity index (χ2n) is 3.44. The van der Waals surface area contributed by atoms with Gasteiger partial charge in [-0.05, 0) is 40.8 Å². The predicted molar refractivity (Wildman–Crippen MR) is 77.6 cm³/mol. The lowest BCUT2D eigenvalue weighted by Gasteiger charge is -2.14. The number of nitrogens with one attached hydrogen (secondary N) is 1. The molecule has 98 valence electrons. The van der Waals surface area contributed by atoms with Crippen molar-refractivity contribution in [3.63, 3.8) is 0 Å². The zero-order valence-electron chi connectivity index (χ0n) is 9.44. The van der Waals surface area contributed by atoms with Crippen molar-refractivity contribution < 1.29 is 19.4 Å². The number of carbonyl (C=O) groups is 2. The van der Waals surface area contributed by atoms with Crippen LogP contribution in [0.3, 0.4) is 0 Å². The van der Waals surface area contributed by atoms with E-state index in [1.54, 1.807) is 12.1 Å². The number of rotatable bonds is 5. The molecule has 0 aliphatic heterocycles. The van der Waals surface area contributed by atoms with Gasteiger partial charge in [0.05, 0.1) is 12.2 Å². The highest BCUT2D eigenvalue weighted by atomic mass is 127. The van der Waals surface area contributed by atoms with Gasteiger partial charge in [0.25, 0.3) is 5.91 Å². The molecule has 1 unspecified atom stereocenters. The first kappa shape index (κ1) is 15.4. The van der Waals surface area contributed by atoms with Crippen LogP contribution in [-0.2, 0) is 9.53 Å². The predicted octanol–water partition coefficient (Wildman–Crippen LogP) is 1.88. The van der Waals surface area contributed by atoms with Crippen molar-refractivity contribution in [3.05, 3.63) is 31.8 Å². The molecule has 0 saturated heterocycles. The van der Waals surface area contributed by atoms with Gasteiger partial charge in [-0.2, -0.15) is 0 Å². The van der Waals surface area contributed by atoms with Crippen molar-refractivity contribution in [1.82, 2.24) is 5.32 Å². The first-order valence-corrected chi connectivity index (χ1v) is 6.80. The Balaban J connectivity index is 2.86. The summed E-state index contributed by atoms with van der Waals surface area (Å²) in [4.78, 5) is 22.9. The number of carboxylic acids is 1. The van der Waals surface area contributed by atoms with Gasteiger partial charge in [-0.3, -0.25) is 4.79 Å². The minimum absolute atomic E-state index is 0.0777. The van der Waals surface area contributed by atoms with Gasteiger partial charge >= 0.3 is 5.97 Å². The maximum absolute atomic E-state index is 12.0. The van der Waals surface area contributed by atoms with E-state index in [9.17, 15) is 9.59 Å². The van der Waals surface area contributed by atoms with Crippen LogP contribution < -0.4 is 5.32 Å². The van der Waals surface area contributed by atoms with E-state index in [0.717, 1.165) is 8.04 Å². The Hall–Kier alpha value is -0.670. The number of carbonyl (C=O) groups excluding carboxylic acids is 1. The van der Waals surface area contributed by atoms with Gasteiger partial charge in [-0.25, -0.2) is 4.79 Å². The number of methoxy groups -OCH3 is 1. The molecule has 5 nitrogen and oxygen atoms in total. The molecule has 7 heteroatoms. The summed E-state index contributed by atoms with van der Waals surface area (Å²) in [6.45, 7) is -0.0777. The quantitative estimate of drug-likeness (QED) is 0.703. The molecule has 0 bridgehead atoms. The molecular weight excluding hydrogens is 417 g/mol. The van der Waals surface area contributed by atoms with Gasteiger partial charge in [0, 0.05) is 15.2 Å². The molecule has 18 heavy (non-hydrogen) atoms. The third-order valence-corrected chi connectivity index (χ3v) is 3.54. The highest BCUT2D eigenvalue weighted by molar-refractivity contribution is 14.1. The van der Waals surface area contributed by atoms with Crippen LogP contribution >= 0.6 is 38.5 Å². The van der Waals surface area contributed by atoms with Crippen molar-refractivity contribution >= 4 is 50.4 Å². The van der Waals surface area contributed by atoms with Crippen molar-refractivity contribution in [3.8, 4) is 0 Å². The normalized spacial score (nSPS) is 11.9. The molecule has 1 aromatic rings. The van der Waals surface area contributed by atoms with Gasteiger partial charge < -0.3 is 15.2 Å². The number of ether oxygens (including phenoxy) is 1. The molecule has 0 aliphatic rings. The maximum atomic E-state index is 12.0. The van der Waals surface area contributed by atoms with E-state index in [2.05, 4.69) is 21.2 Å². The Labute approximate surface area is 126 Å². The van der Waals surface area contributed by atoms with E-state index in [-0.39, 0.29) is 6.61 Å². The van der Waals surface area contributed by atoms with Crippen LogP contribution in [0.5, 0.6) is 0 Å². The van der Waals surface area contributed by atoms with E-state index in [4.69, 9.17) is 9.84 Å². The third kappa shape index (κ3) is 4.21. The molecule has 0 heterocycles. The van der Waals surface area contributed by atoms with Gasteiger partial charge in [0.2, 0.25) is 0 Å². The van der Waals surface area contributed by atoms with Crippen LogP contribution in [0, 0.1) is 3.57 Å². The van der Waals surface area contributed by atoms with Crippen LogP contribution in [0.15, 0.2) is 22.7 Å². The Morgan fingerprint density at radius 3 is 2.78 bits per heavy atom. The van der Waals surface area contributed by atoms with Crippen molar-refractivity contribution in [2.75, 3.05) is 13.7 Å². The first-order valence-electron chi connectivity index (χ1n) is 4.93. The standard InChI is InChI=1S/C11H11BrINO4/c1-18-5-9(11(16)17)14-10(15)7-4-6(12)2-3-8(7)13/h2-4,9H,5H2,1H3,(H,14,15)(H,16,17). The Kier molecular flexibility index (Phi) is 6.03. The van der Waals surface area contributed by atoms with E-state index in [1.807, 2.05) is 28.7 Å². The van der Waals surface area contributed by atoms with Crippen molar-refractivity contribution in [2.24, 2.45) is 0 Å². The average molecular weight is 428 g/mol. The fourth-order valence-corrected chi connectivity index (χ4v) is 2.19. The number of hydrogen-bond donors (Lipinski definition) is 2. The molecule has 0 spiro atoms. The molecule has 2 N–H and O–H groups in total. The van der Waals surface area contributed by atoms with Crippen molar-refractivity contribution in [2.45, 2.75) is 6.04 Å². The van der Waals surface area contributed by atoms with E-state index >= 15 is 0 Å². The number of halogens is 2. The SMILES string of the molecule is COCC(NC(=O)c1cc(Br)ccc1I)C(=O)O. The summed E-state index contributed by atoms with van der Waals surface area (Å²) in [5, 5.41) is 11.3. The summed E-state index contributed by atoms with van der Waals surface area (Å²) in [6, 6.07) is 4.16. The zero-order valence-corrected chi connectivity index (χ0v) is 13.2. The lowest BCUT2D eigenvalue weighted by atomic mass is 10.2. The highest BCUT2D eigenvalue weighted by Gasteiger charge is 2.21. The van der Waals surface area contributed by atoms with E-state index in [1.165, 1.54) is 7.11 Å². The number of benzene rings is 1. The third-order valence-electron chi connectivity index (χ3n) is 2.11. The lowest BCUT2D eigenvalue weighted by Crippen LogP contribution is -2.44. The zero-order chi connectivity index (χ0) is 13.7. The fourth-order valence-electron chi connectivity index (χ4n) is 1.25. The first-order chi connectivity index (χ1) is 8.45. The molecule has 0 aliphatic carbocycles. The van der Waals surface area contributed by atoms with Crippen LogP contribution in [0.2, 0.25) is 0 Å². The minimum atomic E-state index is -1.13. The highest BCUT2D eigenvalue weighted by Crippen LogP contribution is 2.18. The largest absolute Gasteiger partial charge is 0.480 e. The number of aliphatic carboxylic acids is 1. The summed E-state index contributed by atoms with van der Waals surface area (Å²) in [6.07, 6.45) is 0. The summed E-state index contributed by atoms with van der Waals surface area (Å²) >= 11 is 5.28. The van der Waals surface area contributed by atoms with Gasteiger partial charge in [0.15, 0.2) is 6.04 Å². The van der Waals surface area contributed by atoms with E-state index in [0.29, 0.717) is 5.56 Å². The molecule has 1 aromatic carbocycles. The van der Waals surface area contributed by atoms with Crippen LogP contribution in [0.4, 0.5) is 0 Å². The van der Waals surface area contributed by atoms with Crippen LogP contribution in [0.1, 0.15) is 10.4 Å². The second kappa shape index (κ2) is 7.05. The second-order valence-corrected chi connectivity index (χ2v) is 5.52. The van der Waals surface area contributed by atoms with Gasteiger partial charge in [0.1, 0.15) is 0 Å². The van der Waals surface area contributed by atoms with Crippen molar-refractivity contribution in [1.29, 1.82) is 0 Å². The number of amides is 1. The number of carboxylic acid groups (broad SMARTS) is 1. The molecule has 1 atom stereocenters. The van der Waals surface area contributed by atoms with Gasteiger partial charge in [-0.1, -0.05) is 15.9 Å². The summed E-state index contributed by atoms with van der Waals surface area (Å²) < 4.78 is 6.25. The molecule has 0 radical (unpaired) electrons. The fraction of sp³-hybridized carbons (Fsp3) is 0.273. The molecule has 0 aromatic heterocycles. The summed E-state index contributed by atoms with van der Waals surface area (Å²) in [7, 11) is 1.38. The smallest absolute Gasteiger partial charge is 0.328 e. The molecular formula is C11H11BrINO4. The molecule has 0 saturated carbocycles. The summed E-state index contributed by atoms with van der Waals surface area (Å²) in [5.74, 6) is -1.57. The topological polar surface area (TPSA) is 75.6 Å². The van der Waals surface area contributed by atoms with Crippen LogP contribution in [-0.4, -0.2) is 36.7 Å².